The van der Waals surface area contributed by atoms with Crippen LogP contribution in [0.15, 0.2) is 24.3 Å². The van der Waals surface area contributed by atoms with E-state index in [2.05, 4.69) is 41.0 Å². The number of benzene rings is 1. The monoisotopic (exact) mass is 260 g/mol. The van der Waals surface area contributed by atoms with Gasteiger partial charge in [-0.25, -0.2) is 0 Å². The fraction of sp³-hybridized carbons (Fsp3) is 0.625. The molecule has 0 aliphatic carbocycles. The van der Waals surface area contributed by atoms with Gasteiger partial charge in [0.1, 0.15) is 5.75 Å². The van der Waals surface area contributed by atoms with Crippen molar-refractivity contribution in [1.82, 2.24) is 4.90 Å². The van der Waals surface area contributed by atoms with E-state index < -0.39 is 0 Å². The van der Waals surface area contributed by atoms with Gasteiger partial charge in [-0.2, -0.15) is 0 Å². The maximum absolute atomic E-state index is 5.79. The average Bonchev–Trinajstić information content (AvgIpc) is 2.77. The summed E-state index contributed by atoms with van der Waals surface area (Å²) in [4.78, 5) is 5.20. The summed E-state index contributed by atoms with van der Waals surface area (Å²) >= 11 is 0. The summed E-state index contributed by atoms with van der Waals surface area (Å²) in [7, 11) is 0. The van der Waals surface area contributed by atoms with E-state index in [9.17, 15) is 0 Å². The van der Waals surface area contributed by atoms with Crippen molar-refractivity contribution in [1.29, 1.82) is 0 Å². The van der Waals surface area contributed by atoms with Crippen molar-refractivity contribution in [3.63, 3.8) is 0 Å². The second-order valence-corrected chi connectivity index (χ2v) is 5.53. The molecule has 2 fully saturated rings. The number of nitrogens with zero attached hydrogens (tertiary/aromatic N) is 2. The molecule has 1 unspecified atom stereocenters. The first-order valence-corrected chi connectivity index (χ1v) is 7.59. The van der Waals surface area contributed by atoms with E-state index in [0.29, 0.717) is 0 Å². The Morgan fingerprint density at radius 2 is 2.00 bits per heavy atom. The maximum Gasteiger partial charge on any atom is 0.142 e. The highest BCUT2D eigenvalue weighted by Gasteiger charge is 2.29. The van der Waals surface area contributed by atoms with E-state index in [0.717, 1.165) is 31.5 Å². The quantitative estimate of drug-likeness (QED) is 0.831. The summed E-state index contributed by atoms with van der Waals surface area (Å²) in [6.45, 7) is 7.66. The lowest BCUT2D eigenvalue weighted by molar-refractivity contribution is 0.273. The number of hydrogen-bond donors (Lipinski definition) is 0. The molecule has 19 heavy (non-hydrogen) atoms. The minimum Gasteiger partial charge on any atom is -0.492 e. The minimum absolute atomic E-state index is 0.737. The van der Waals surface area contributed by atoms with E-state index in [1.54, 1.807) is 0 Å². The first-order chi connectivity index (χ1) is 9.38. The Hall–Kier alpha value is -1.22. The lowest BCUT2D eigenvalue weighted by Gasteiger charge is -2.28. The molecular weight excluding hydrogens is 236 g/mol. The number of para-hydroxylation sites is 2. The van der Waals surface area contributed by atoms with Crippen molar-refractivity contribution >= 4 is 5.69 Å². The molecule has 0 spiro atoms. The minimum atomic E-state index is 0.737. The van der Waals surface area contributed by atoms with E-state index in [-0.39, 0.29) is 0 Å². The molecule has 0 saturated carbocycles. The molecule has 3 nitrogen and oxygen atoms in total. The van der Waals surface area contributed by atoms with E-state index in [4.69, 9.17) is 4.74 Å². The molecule has 0 radical (unpaired) electrons. The molecular formula is C16H24N2O. The molecule has 104 valence electrons. The lowest BCUT2D eigenvalue weighted by atomic mass is 10.2. The second-order valence-electron chi connectivity index (χ2n) is 5.53. The first kappa shape index (κ1) is 12.8. The van der Waals surface area contributed by atoms with E-state index >= 15 is 0 Å². The molecule has 0 N–H and O–H groups in total. The van der Waals surface area contributed by atoms with Gasteiger partial charge in [0.25, 0.3) is 0 Å². The zero-order chi connectivity index (χ0) is 13.1. The Kier molecular flexibility index (Phi) is 3.92. The standard InChI is InChI=1S/C16H24N2O/c1-2-19-16-9-4-3-8-15(16)18-12-6-11-17-10-5-7-14(17)13-18/h3-4,8-9,14H,2,5-7,10-13H2,1H3. The van der Waals surface area contributed by atoms with Crippen molar-refractivity contribution in [2.24, 2.45) is 0 Å². The molecule has 2 aliphatic rings. The normalized spacial score (nSPS) is 24.1. The van der Waals surface area contributed by atoms with E-state index in [1.165, 1.54) is 38.0 Å². The Labute approximate surface area is 116 Å². The van der Waals surface area contributed by atoms with Gasteiger partial charge in [0, 0.05) is 25.7 Å². The number of fused-ring (bicyclic) bond motifs is 1. The van der Waals surface area contributed by atoms with Gasteiger partial charge in [-0.1, -0.05) is 12.1 Å². The van der Waals surface area contributed by atoms with Crippen LogP contribution >= 0.6 is 0 Å². The van der Waals surface area contributed by atoms with Gasteiger partial charge in [0.2, 0.25) is 0 Å². The van der Waals surface area contributed by atoms with Crippen LogP contribution in [0.25, 0.3) is 0 Å². The molecule has 2 heterocycles. The van der Waals surface area contributed by atoms with Crippen LogP contribution in [0.3, 0.4) is 0 Å². The molecule has 0 aromatic heterocycles. The summed E-state index contributed by atoms with van der Waals surface area (Å²) in [5, 5.41) is 0. The lowest BCUT2D eigenvalue weighted by Crippen LogP contribution is -2.36. The van der Waals surface area contributed by atoms with Crippen molar-refractivity contribution in [3.8, 4) is 5.75 Å². The van der Waals surface area contributed by atoms with Crippen LogP contribution in [0, 0.1) is 0 Å². The Balaban J connectivity index is 1.80. The van der Waals surface area contributed by atoms with Gasteiger partial charge < -0.3 is 9.64 Å². The van der Waals surface area contributed by atoms with Crippen LogP contribution in [0.4, 0.5) is 5.69 Å². The number of rotatable bonds is 3. The average molecular weight is 260 g/mol. The summed E-state index contributed by atoms with van der Waals surface area (Å²) in [5.74, 6) is 1.04. The van der Waals surface area contributed by atoms with Crippen molar-refractivity contribution in [3.05, 3.63) is 24.3 Å². The Bertz CT molecular complexity index is 421. The zero-order valence-electron chi connectivity index (χ0n) is 11.8. The van der Waals surface area contributed by atoms with Crippen molar-refractivity contribution in [2.45, 2.75) is 32.2 Å². The molecule has 0 bridgehead atoms. The molecule has 2 aliphatic heterocycles. The summed E-state index contributed by atoms with van der Waals surface area (Å²) in [6, 6.07) is 9.23. The third-order valence-electron chi connectivity index (χ3n) is 4.31. The Morgan fingerprint density at radius 3 is 2.89 bits per heavy atom. The maximum atomic E-state index is 5.79. The second kappa shape index (κ2) is 5.83. The van der Waals surface area contributed by atoms with Gasteiger partial charge >= 0.3 is 0 Å². The molecule has 2 saturated heterocycles. The largest absolute Gasteiger partial charge is 0.492 e. The highest BCUT2D eigenvalue weighted by molar-refractivity contribution is 5.58. The fourth-order valence-corrected chi connectivity index (χ4v) is 3.42. The van der Waals surface area contributed by atoms with Crippen LogP contribution < -0.4 is 9.64 Å². The van der Waals surface area contributed by atoms with Crippen molar-refractivity contribution < 1.29 is 4.74 Å². The smallest absolute Gasteiger partial charge is 0.142 e. The predicted octanol–water partition coefficient (Wildman–Crippen LogP) is 2.76. The predicted molar refractivity (Wildman–Crippen MR) is 79.0 cm³/mol. The number of ether oxygens (including phenoxy) is 1. The number of anilines is 1. The van der Waals surface area contributed by atoms with E-state index in [1.807, 2.05) is 0 Å². The van der Waals surface area contributed by atoms with Crippen molar-refractivity contribution in [2.75, 3.05) is 37.7 Å². The fourth-order valence-electron chi connectivity index (χ4n) is 3.42. The van der Waals surface area contributed by atoms with Gasteiger partial charge in [0.15, 0.2) is 0 Å². The first-order valence-electron chi connectivity index (χ1n) is 7.59. The van der Waals surface area contributed by atoms with Gasteiger partial charge in [0.05, 0.1) is 12.3 Å². The molecule has 1 atom stereocenters. The van der Waals surface area contributed by atoms with Crippen LogP contribution in [-0.2, 0) is 0 Å². The molecule has 1 aromatic rings. The van der Waals surface area contributed by atoms with Gasteiger partial charge in [-0.15, -0.1) is 0 Å². The topological polar surface area (TPSA) is 15.7 Å². The molecule has 1 aromatic carbocycles. The number of hydrogen-bond acceptors (Lipinski definition) is 3. The van der Waals surface area contributed by atoms with Crippen LogP contribution in [-0.4, -0.2) is 43.7 Å². The summed E-state index contributed by atoms with van der Waals surface area (Å²) < 4.78 is 5.79. The third-order valence-corrected chi connectivity index (χ3v) is 4.31. The van der Waals surface area contributed by atoms with Crippen LogP contribution in [0.5, 0.6) is 5.75 Å². The highest BCUT2D eigenvalue weighted by atomic mass is 16.5. The van der Waals surface area contributed by atoms with Crippen LogP contribution in [0.2, 0.25) is 0 Å². The molecule has 3 heteroatoms. The van der Waals surface area contributed by atoms with Gasteiger partial charge in [-0.05, 0) is 44.9 Å². The van der Waals surface area contributed by atoms with Crippen LogP contribution in [0.1, 0.15) is 26.2 Å². The highest BCUT2D eigenvalue weighted by Crippen LogP contribution is 2.31. The summed E-state index contributed by atoms with van der Waals surface area (Å²) in [6.07, 6.45) is 3.98. The van der Waals surface area contributed by atoms with Gasteiger partial charge in [-0.3, -0.25) is 4.90 Å². The third kappa shape index (κ3) is 2.71. The molecule has 0 amide bonds. The Morgan fingerprint density at radius 1 is 1.16 bits per heavy atom. The summed E-state index contributed by atoms with van der Waals surface area (Å²) in [5.41, 5.74) is 1.28. The zero-order valence-corrected chi connectivity index (χ0v) is 11.8. The SMILES string of the molecule is CCOc1ccccc1N1CCCN2CCCC2C1. The molecule has 3 rings (SSSR count).